The Morgan fingerprint density at radius 3 is 2.39 bits per heavy atom. The second kappa shape index (κ2) is 13.0. The molecule has 0 spiro atoms. The van der Waals surface area contributed by atoms with Crippen LogP contribution in [0.15, 0.2) is 34.7 Å². The number of pyridine rings is 1. The maximum Gasteiger partial charge on any atom is 0.233 e. The number of furan rings is 1. The first-order chi connectivity index (χ1) is 17.0. The zero-order chi connectivity index (χ0) is 26.9. The van der Waals surface area contributed by atoms with Crippen molar-refractivity contribution in [3.8, 4) is 11.3 Å². The quantitative estimate of drug-likeness (QED) is 0.312. The Balaban J connectivity index is 0.00000106. The Morgan fingerprint density at radius 1 is 1.19 bits per heavy atom. The third kappa shape index (κ3) is 7.77. The van der Waals surface area contributed by atoms with Gasteiger partial charge >= 0.3 is 0 Å². The van der Waals surface area contributed by atoms with Crippen molar-refractivity contribution in [3.05, 3.63) is 47.3 Å². The average molecular weight is 521 g/mol. The first kappa shape index (κ1) is 28.8. The van der Waals surface area contributed by atoms with Gasteiger partial charge in [-0.2, -0.15) is 4.98 Å². The Kier molecular flexibility index (Phi) is 10.4. The molecule has 196 valence electrons. The number of aryl methyl sites for hydroxylation is 2. The predicted molar refractivity (Wildman–Crippen MR) is 139 cm³/mol. The lowest BCUT2D eigenvalue weighted by molar-refractivity contribution is -0.119. The zero-order valence-corrected chi connectivity index (χ0v) is 22.0. The average Bonchev–Trinajstić information content (AvgIpc) is 3.15. The number of halogens is 1. The van der Waals surface area contributed by atoms with E-state index in [9.17, 15) is 17.6 Å². The topological polar surface area (TPSA) is 122 Å². The molecule has 36 heavy (non-hydrogen) atoms. The summed E-state index contributed by atoms with van der Waals surface area (Å²) >= 11 is 0. The molecule has 11 heteroatoms. The fraction of sp³-hybridized carbons (Fsp3) is 0.400. The van der Waals surface area contributed by atoms with Crippen molar-refractivity contribution in [2.45, 2.75) is 39.5 Å². The molecular weight excluding hydrogens is 487 g/mol. The molecule has 2 amide bonds. The van der Waals surface area contributed by atoms with Crippen LogP contribution in [0.25, 0.3) is 22.4 Å². The van der Waals surface area contributed by atoms with Crippen LogP contribution in [0.4, 0.5) is 10.2 Å². The van der Waals surface area contributed by atoms with Crippen LogP contribution in [-0.2, 0) is 26.0 Å². The maximum atomic E-state index is 13.3. The summed E-state index contributed by atoms with van der Waals surface area (Å²) in [6.07, 6.45) is 4.93. The van der Waals surface area contributed by atoms with Crippen LogP contribution in [0.1, 0.15) is 37.3 Å². The van der Waals surface area contributed by atoms with Crippen LogP contribution in [0, 0.1) is 12.7 Å². The molecule has 2 heterocycles. The number of nitrogens with one attached hydrogen (secondary N) is 2. The molecule has 2 aromatic heterocycles. The molecule has 0 radical (unpaired) electrons. The van der Waals surface area contributed by atoms with Gasteiger partial charge in [-0.25, -0.2) is 12.8 Å². The number of anilines is 1. The van der Waals surface area contributed by atoms with Gasteiger partial charge in [-0.15, -0.1) is 0 Å². The SMILES string of the molecule is CC(=O)NCCCCCc1cc2c(C)c(-c3ccc(F)cc3)oc2nc1N(C)S(C)(=O)=O.CNC=O. The van der Waals surface area contributed by atoms with Gasteiger partial charge in [0, 0.05) is 44.1 Å². The molecule has 0 aliphatic rings. The number of carbonyl (C=O) groups excluding carboxylic acids is 2. The molecule has 3 aromatic rings. The zero-order valence-electron chi connectivity index (χ0n) is 21.2. The normalized spacial score (nSPS) is 10.9. The maximum absolute atomic E-state index is 13.3. The lowest BCUT2D eigenvalue weighted by Crippen LogP contribution is -2.27. The van der Waals surface area contributed by atoms with Gasteiger partial charge in [0.25, 0.3) is 0 Å². The lowest BCUT2D eigenvalue weighted by Gasteiger charge is -2.19. The van der Waals surface area contributed by atoms with E-state index in [0.29, 0.717) is 36.7 Å². The number of fused-ring (bicyclic) bond motifs is 1. The van der Waals surface area contributed by atoms with Gasteiger partial charge < -0.3 is 15.1 Å². The second-order valence-corrected chi connectivity index (χ2v) is 10.3. The van der Waals surface area contributed by atoms with Crippen molar-refractivity contribution >= 4 is 39.3 Å². The highest BCUT2D eigenvalue weighted by molar-refractivity contribution is 7.92. The lowest BCUT2D eigenvalue weighted by atomic mass is 10.0. The van der Waals surface area contributed by atoms with Gasteiger partial charge in [-0.3, -0.25) is 13.9 Å². The summed E-state index contributed by atoms with van der Waals surface area (Å²) in [5, 5.41) is 5.82. The van der Waals surface area contributed by atoms with Crippen LogP contribution in [0.3, 0.4) is 0 Å². The minimum absolute atomic E-state index is 0.0518. The number of carbonyl (C=O) groups is 2. The molecule has 0 aliphatic carbocycles. The van der Waals surface area contributed by atoms with Gasteiger partial charge in [-0.05, 0) is 62.1 Å². The van der Waals surface area contributed by atoms with E-state index < -0.39 is 10.0 Å². The Hall–Kier alpha value is -3.47. The summed E-state index contributed by atoms with van der Waals surface area (Å²) in [5.41, 5.74) is 2.72. The van der Waals surface area contributed by atoms with E-state index in [4.69, 9.17) is 9.21 Å². The molecule has 0 atom stereocenters. The second-order valence-electron chi connectivity index (χ2n) is 8.32. The molecule has 0 unspecified atom stereocenters. The van der Waals surface area contributed by atoms with E-state index in [1.54, 1.807) is 19.2 Å². The van der Waals surface area contributed by atoms with Crippen molar-refractivity contribution < 1.29 is 26.8 Å². The van der Waals surface area contributed by atoms with Gasteiger partial charge in [0.05, 0.1) is 6.26 Å². The summed E-state index contributed by atoms with van der Waals surface area (Å²) in [6.45, 7) is 4.01. The minimum atomic E-state index is -3.52. The Morgan fingerprint density at radius 2 is 1.83 bits per heavy atom. The van der Waals surface area contributed by atoms with Gasteiger partial charge in [0.15, 0.2) is 0 Å². The van der Waals surface area contributed by atoms with E-state index in [1.165, 1.54) is 26.1 Å². The van der Waals surface area contributed by atoms with Crippen molar-refractivity contribution in [2.24, 2.45) is 0 Å². The highest BCUT2D eigenvalue weighted by Crippen LogP contribution is 2.35. The summed E-state index contributed by atoms with van der Waals surface area (Å²) < 4.78 is 44.9. The number of rotatable bonds is 10. The summed E-state index contributed by atoms with van der Waals surface area (Å²) in [5.74, 6) is 0.525. The molecule has 0 bridgehead atoms. The Labute approximate surface area is 211 Å². The number of benzene rings is 1. The van der Waals surface area contributed by atoms with E-state index in [1.807, 2.05) is 13.0 Å². The summed E-state index contributed by atoms with van der Waals surface area (Å²) in [7, 11) is -0.481. The first-order valence-corrected chi connectivity index (χ1v) is 13.3. The van der Waals surface area contributed by atoms with Crippen LogP contribution in [-0.4, -0.2) is 52.6 Å². The van der Waals surface area contributed by atoms with Gasteiger partial charge in [0.1, 0.15) is 17.4 Å². The molecule has 0 aliphatic heterocycles. The van der Waals surface area contributed by atoms with E-state index in [0.717, 1.165) is 51.9 Å². The molecule has 3 rings (SSSR count). The van der Waals surface area contributed by atoms with E-state index in [-0.39, 0.29) is 11.7 Å². The van der Waals surface area contributed by atoms with Crippen LogP contribution >= 0.6 is 0 Å². The largest absolute Gasteiger partial charge is 0.437 e. The third-order valence-corrected chi connectivity index (χ3v) is 6.67. The fourth-order valence-corrected chi connectivity index (χ4v) is 4.01. The summed E-state index contributed by atoms with van der Waals surface area (Å²) in [4.78, 5) is 24.6. The minimum Gasteiger partial charge on any atom is -0.437 e. The standard InChI is InChI=1S/C23H28FN3O4S.C2H5NO/c1-15-20-14-18(8-6-5-7-13-25-16(2)28)22(27(3)32(4,29)30)26-23(20)31-21(15)17-9-11-19(24)12-10-17;1-3-2-4/h9-12,14H,5-8,13H2,1-4H3,(H,25,28);2H,1H3,(H,3,4). The first-order valence-electron chi connectivity index (χ1n) is 11.5. The number of aromatic nitrogens is 1. The molecule has 0 saturated heterocycles. The molecule has 1 aromatic carbocycles. The van der Waals surface area contributed by atoms with Crippen LogP contribution in [0.2, 0.25) is 0 Å². The number of sulfonamides is 1. The number of unbranched alkanes of at least 4 members (excludes halogenated alkanes) is 2. The molecule has 0 fully saturated rings. The smallest absolute Gasteiger partial charge is 0.233 e. The number of hydrogen-bond donors (Lipinski definition) is 2. The fourth-order valence-electron chi connectivity index (χ4n) is 3.54. The van der Waals surface area contributed by atoms with Crippen molar-refractivity contribution in [2.75, 3.05) is 31.2 Å². The molecule has 0 saturated carbocycles. The van der Waals surface area contributed by atoms with Crippen molar-refractivity contribution in [1.82, 2.24) is 15.6 Å². The van der Waals surface area contributed by atoms with E-state index >= 15 is 0 Å². The molecular formula is C25H33FN4O5S. The predicted octanol–water partition coefficient (Wildman–Crippen LogP) is 3.55. The van der Waals surface area contributed by atoms with Crippen LogP contribution in [0.5, 0.6) is 0 Å². The third-order valence-electron chi connectivity index (χ3n) is 5.50. The number of hydrogen-bond acceptors (Lipinski definition) is 6. The molecule has 2 N–H and O–H groups in total. The van der Waals surface area contributed by atoms with Crippen molar-refractivity contribution in [1.29, 1.82) is 0 Å². The van der Waals surface area contributed by atoms with Crippen LogP contribution < -0.4 is 14.9 Å². The number of amides is 2. The number of nitrogens with zero attached hydrogens (tertiary/aromatic N) is 2. The van der Waals surface area contributed by atoms with Gasteiger partial charge in [-0.1, -0.05) is 6.42 Å². The highest BCUT2D eigenvalue weighted by Gasteiger charge is 2.22. The molecule has 9 nitrogen and oxygen atoms in total. The van der Waals surface area contributed by atoms with Gasteiger partial charge in [0.2, 0.25) is 28.1 Å². The van der Waals surface area contributed by atoms with E-state index in [2.05, 4.69) is 15.6 Å². The summed E-state index contributed by atoms with van der Waals surface area (Å²) in [6, 6.07) is 7.94. The van der Waals surface area contributed by atoms with Crippen molar-refractivity contribution in [3.63, 3.8) is 0 Å². The monoisotopic (exact) mass is 520 g/mol. The highest BCUT2D eigenvalue weighted by atomic mass is 32.2. The Bertz CT molecular complexity index is 1290.